The first-order valence-electron chi connectivity index (χ1n) is 5.64. The fourth-order valence-corrected chi connectivity index (χ4v) is 2.89. The van der Waals surface area contributed by atoms with Gasteiger partial charge in [0, 0.05) is 22.9 Å². The highest BCUT2D eigenvalue weighted by atomic mass is 79.9. The number of hydrogen-bond acceptors (Lipinski definition) is 2. The van der Waals surface area contributed by atoms with E-state index in [1.54, 1.807) is 0 Å². The Morgan fingerprint density at radius 3 is 2.62 bits per heavy atom. The molecule has 2 rings (SSSR count). The molecule has 0 aromatic carbocycles. The van der Waals surface area contributed by atoms with Gasteiger partial charge in [0.2, 0.25) is 0 Å². The van der Waals surface area contributed by atoms with E-state index in [9.17, 15) is 0 Å². The van der Waals surface area contributed by atoms with Gasteiger partial charge >= 0.3 is 0 Å². The van der Waals surface area contributed by atoms with Crippen molar-refractivity contribution >= 4 is 37.7 Å². The fourth-order valence-electron chi connectivity index (χ4n) is 2.02. The van der Waals surface area contributed by atoms with Crippen LogP contribution in [0.15, 0.2) is 16.6 Å². The maximum absolute atomic E-state index is 4.61. The van der Waals surface area contributed by atoms with Gasteiger partial charge in [0.25, 0.3) is 0 Å². The Morgan fingerprint density at radius 2 is 2.06 bits per heavy atom. The summed E-state index contributed by atoms with van der Waals surface area (Å²) >= 11 is 7.05. The first-order valence-corrected chi connectivity index (χ1v) is 7.56. The molecular weight excluding hydrogens is 332 g/mol. The van der Waals surface area contributed by atoms with Crippen molar-refractivity contribution in [3.05, 3.63) is 22.3 Å². The van der Waals surface area contributed by atoms with Gasteiger partial charge in [0.05, 0.1) is 5.69 Å². The molecule has 0 N–H and O–H groups in total. The van der Waals surface area contributed by atoms with Gasteiger partial charge in [-0.25, -0.2) is 4.98 Å². The molecule has 0 unspecified atom stereocenters. The lowest BCUT2D eigenvalue weighted by atomic mass is 9.99. The molecule has 0 spiro atoms. The standard InChI is InChI=1S/C12H16Br2N2/c1-9-11(14)2-3-12(15-9)16-6-4-10(8-13)5-7-16/h2-3,10H,4-8H2,1H3. The van der Waals surface area contributed by atoms with Crippen molar-refractivity contribution in [2.45, 2.75) is 19.8 Å². The monoisotopic (exact) mass is 346 g/mol. The van der Waals surface area contributed by atoms with Crippen molar-refractivity contribution in [3.63, 3.8) is 0 Å². The third-order valence-corrected chi connectivity index (χ3v) is 4.92. The molecule has 0 radical (unpaired) electrons. The first-order chi connectivity index (χ1) is 7.70. The zero-order valence-electron chi connectivity index (χ0n) is 9.42. The SMILES string of the molecule is Cc1nc(N2CCC(CBr)CC2)ccc1Br. The smallest absolute Gasteiger partial charge is 0.128 e. The number of anilines is 1. The first kappa shape index (κ1) is 12.4. The highest BCUT2D eigenvalue weighted by Gasteiger charge is 2.19. The number of halogens is 2. The van der Waals surface area contributed by atoms with E-state index in [0.717, 1.165) is 40.3 Å². The number of alkyl halides is 1. The molecule has 1 aliphatic heterocycles. The molecular formula is C12H16Br2N2. The van der Waals surface area contributed by atoms with Gasteiger partial charge in [-0.15, -0.1) is 0 Å². The quantitative estimate of drug-likeness (QED) is 0.757. The summed E-state index contributed by atoms with van der Waals surface area (Å²) in [5, 5.41) is 1.13. The Bertz CT molecular complexity index is 360. The second-order valence-electron chi connectivity index (χ2n) is 4.32. The summed E-state index contributed by atoms with van der Waals surface area (Å²) in [7, 11) is 0. The van der Waals surface area contributed by atoms with E-state index >= 15 is 0 Å². The van der Waals surface area contributed by atoms with Gasteiger partial charge in [-0.3, -0.25) is 0 Å². The predicted octanol–water partition coefficient (Wildman–Crippen LogP) is 3.76. The number of piperidine rings is 1. The largest absolute Gasteiger partial charge is 0.357 e. The molecule has 1 fully saturated rings. The molecule has 0 saturated carbocycles. The van der Waals surface area contributed by atoms with Crippen LogP contribution in [-0.2, 0) is 0 Å². The fraction of sp³-hybridized carbons (Fsp3) is 0.583. The minimum atomic E-state index is 0.841. The minimum absolute atomic E-state index is 0.841. The minimum Gasteiger partial charge on any atom is -0.357 e. The van der Waals surface area contributed by atoms with E-state index in [2.05, 4.69) is 53.9 Å². The summed E-state index contributed by atoms with van der Waals surface area (Å²) in [5.41, 5.74) is 1.07. The number of hydrogen-bond donors (Lipinski definition) is 0. The van der Waals surface area contributed by atoms with Gasteiger partial charge in [0.1, 0.15) is 5.82 Å². The van der Waals surface area contributed by atoms with Crippen molar-refractivity contribution in [3.8, 4) is 0 Å². The normalized spacial score (nSPS) is 17.8. The van der Waals surface area contributed by atoms with Crippen LogP contribution in [0.25, 0.3) is 0 Å². The second-order valence-corrected chi connectivity index (χ2v) is 5.82. The number of aryl methyl sites for hydroxylation is 1. The molecule has 0 atom stereocenters. The lowest BCUT2D eigenvalue weighted by Crippen LogP contribution is -2.34. The molecule has 2 heterocycles. The molecule has 1 aromatic heterocycles. The zero-order chi connectivity index (χ0) is 11.5. The van der Waals surface area contributed by atoms with Crippen molar-refractivity contribution in [2.75, 3.05) is 23.3 Å². The molecule has 4 heteroatoms. The van der Waals surface area contributed by atoms with Crippen LogP contribution in [0, 0.1) is 12.8 Å². The number of aromatic nitrogens is 1. The van der Waals surface area contributed by atoms with Crippen LogP contribution in [0.5, 0.6) is 0 Å². The number of rotatable bonds is 2. The molecule has 0 aliphatic carbocycles. The third kappa shape index (κ3) is 2.77. The van der Waals surface area contributed by atoms with E-state index in [1.165, 1.54) is 12.8 Å². The van der Waals surface area contributed by atoms with Gasteiger partial charge in [0.15, 0.2) is 0 Å². The van der Waals surface area contributed by atoms with E-state index in [1.807, 2.05) is 6.92 Å². The molecule has 0 amide bonds. The van der Waals surface area contributed by atoms with Gasteiger partial charge < -0.3 is 4.90 Å². The van der Waals surface area contributed by atoms with Crippen LogP contribution in [0.2, 0.25) is 0 Å². The van der Waals surface area contributed by atoms with Crippen LogP contribution in [0.3, 0.4) is 0 Å². The van der Waals surface area contributed by atoms with Crippen LogP contribution < -0.4 is 4.90 Å². The van der Waals surface area contributed by atoms with Crippen LogP contribution in [0.4, 0.5) is 5.82 Å². The van der Waals surface area contributed by atoms with Crippen molar-refractivity contribution in [2.24, 2.45) is 5.92 Å². The highest BCUT2D eigenvalue weighted by molar-refractivity contribution is 9.10. The van der Waals surface area contributed by atoms with Gasteiger partial charge in [-0.05, 0) is 53.7 Å². The maximum atomic E-state index is 4.61. The van der Waals surface area contributed by atoms with Gasteiger partial charge in [-0.1, -0.05) is 15.9 Å². The van der Waals surface area contributed by atoms with E-state index in [4.69, 9.17) is 0 Å². The molecule has 88 valence electrons. The van der Waals surface area contributed by atoms with E-state index in [0.29, 0.717) is 0 Å². The summed E-state index contributed by atoms with van der Waals surface area (Å²) in [6.45, 7) is 4.30. The van der Waals surface area contributed by atoms with Crippen molar-refractivity contribution in [1.82, 2.24) is 4.98 Å². The average molecular weight is 348 g/mol. The summed E-state index contributed by atoms with van der Waals surface area (Å²) in [6, 6.07) is 4.19. The molecule has 16 heavy (non-hydrogen) atoms. The summed E-state index contributed by atoms with van der Waals surface area (Å²) < 4.78 is 1.09. The summed E-state index contributed by atoms with van der Waals surface area (Å²) in [5.74, 6) is 1.96. The van der Waals surface area contributed by atoms with E-state index in [-0.39, 0.29) is 0 Å². The molecule has 0 bridgehead atoms. The lowest BCUT2D eigenvalue weighted by molar-refractivity contribution is 0.445. The summed E-state index contributed by atoms with van der Waals surface area (Å²) in [4.78, 5) is 7.00. The highest BCUT2D eigenvalue weighted by Crippen LogP contribution is 2.25. The van der Waals surface area contributed by atoms with Gasteiger partial charge in [-0.2, -0.15) is 0 Å². The molecule has 1 saturated heterocycles. The Balaban J connectivity index is 2.05. The van der Waals surface area contributed by atoms with Crippen LogP contribution in [-0.4, -0.2) is 23.4 Å². The average Bonchev–Trinajstić information content (AvgIpc) is 2.33. The van der Waals surface area contributed by atoms with Crippen LogP contribution in [0.1, 0.15) is 18.5 Å². The van der Waals surface area contributed by atoms with Crippen molar-refractivity contribution < 1.29 is 0 Å². The Kier molecular flexibility index (Phi) is 4.25. The van der Waals surface area contributed by atoms with Crippen LogP contribution >= 0.6 is 31.9 Å². The Hall–Kier alpha value is -0.0900. The van der Waals surface area contributed by atoms with Crippen molar-refractivity contribution in [1.29, 1.82) is 0 Å². The van der Waals surface area contributed by atoms with E-state index < -0.39 is 0 Å². The maximum Gasteiger partial charge on any atom is 0.128 e. The molecule has 1 aromatic rings. The Labute approximate surface area is 114 Å². The topological polar surface area (TPSA) is 16.1 Å². The number of nitrogens with zero attached hydrogens (tertiary/aromatic N) is 2. The summed E-state index contributed by atoms with van der Waals surface area (Å²) in [6.07, 6.45) is 2.53. The Morgan fingerprint density at radius 1 is 1.38 bits per heavy atom. The third-order valence-electron chi connectivity index (χ3n) is 3.16. The lowest BCUT2D eigenvalue weighted by Gasteiger charge is -2.32. The molecule has 1 aliphatic rings. The second kappa shape index (κ2) is 5.50. The predicted molar refractivity (Wildman–Crippen MR) is 75.4 cm³/mol. The molecule has 2 nitrogen and oxygen atoms in total. The zero-order valence-corrected chi connectivity index (χ0v) is 12.6. The number of pyridine rings is 1.